The first-order valence-corrected chi connectivity index (χ1v) is 7.17. The van der Waals surface area contributed by atoms with E-state index in [-0.39, 0.29) is 6.03 Å². The van der Waals surface area contributed by atoms with Crippen molar-refractivity contribution in [2.75, 3.05) is 6.54 Å². The highest BCUT2D eigenvalue weighted by atomic mass is 16.2. The second-order valence-electron chi connectivity index (χ2n) is 5.13. The zero-order valence-corrected chi connectivity index (χ0v) is 11.8. The van der Waals surface area contributed by atoms with Gasteiger partial charge in [-0.2, -0.15) is 0 Å². The first-order chi connectivity index (χ1) is 10.3. The zero-order valence-electron chi connectivity index (χ0n) is 11.8. The van der Waals surface area contributed by atoms with Crippen molar-refractivity contribution in [3.8, 4) is 0 Å². The van der Waals surface area contributed by atoms with Crippen LogP contribution in [0.4, 0.5) is 4.79 Å². The van der Waals surface area contributed by atoms with E-state index in [2.05, 4.69) is 23.5 Å². The van der Waals surface area contributed by atoms with Gasteiger partial charge in [-0.05, 0) is 29.2 Å². The fourth-order valence-corrected chi connectivity index (χ4v) is 2.53. The van der Waals surface area contributed by atoms with Crippen LogP contribution in [0.3, 0.4) is 0 Å². The minimum Gasteiger partial charge on any atom is -0.320 e. The van der Waals surface area contributed by atoms with Crippen molar-refractivity contribution < 1.29 is 4.79 Å². The summed E-state index contributed by atoms with van der Waals surface area (Å²) in [5, 5.41) is 2.84. The largest absolute Gasteiger partial charge is 0.321 e. The Morgan fingerprint density at radius 1 is 1.00 bits per heavy atom. The van der Waals surface area contributed by atoms with Gasteiger partial charge in [0.2, 0.25) is 0 Å². The molecule has 3 heteroatoms. The number of nitrogens with zero attached hydrogens (tertiary/aromatic N) is 1. The molecule has 3 nitrogen and oxygen atoms in total. The van der Waals surface area contributed by atoms with Gasteiger partial charge in [0, 0.05) is 19.3 Å². The SMILES string of the molecule is O=C(N/C=C/c1ccccc1)N1CCc2ccccc2C1. The minimum absolute atomic E-state index is 0.0447. The van der Waals surface area contributed by atoms with E-state index >= 15 is 0 Å². The molecular formula is C18H18N2O. The summed E-state index contributed by atoms with van der Waals surface area (Å²) < 4.78 is 0. The maximum atomic E-state index is 12.2. The highest BCUT2D eigenvalue weighted by Crippen LogP contribution is 2.18. The van der Waals surface area contributed by atoms with E-state index in [1.807, 2.05) is 47.4 Å². The molecule has 2 amide bonds. The normalized spacial score (nSPS) is 14.0. The molecule has 0 radical (unpaired) electrons. The molecule has 0 atom stereocenters. The molecule has 1 heterocycles. The Hall–Kier alpha value is -2.55. The summed E-state index contributed by atoms with van der Waals surface area (Å²) in [6, 6.07) is 18.2. The topological polar surface area (TPSA) is 32.3 Å². The van der Waals surface area contributed by atoms with Crippen LogP contribution in [0.25, 0.3) is 6.08 Å². The summed E-state index contributed by atoms with van der Waals surface area (Å²) in [6.45, 7) is 1.45. The predicted molar refractivity (Wildman–Crippen MR) is 84.6 cm³/mol. The Morgan fingerprint density at radius 3 is 2.52 bits per heavy atom. The molecule has 1 aliphatic rings. The summed E-state index contributed by atoms with van der Waals surface area (Å²) in [6.07, 6.45) is 4.53. The van der Waals surface area contributed by atoms with Gasteiger partial charge < -0.3 is 10.2 Å². The Balaban J connectivity index is 1.59. The lowest BCUT2D eigenvalue weighted by atomic mass is 10.0. The molecule has 0 bridgehead atoms. The van der Waals surface area contributed by atoms with Crippen LogP contribution in [-0.4, -0.2) is 17.5 Å². The van der Waals surface area contributed by atoms with Crippen LogP contribution in [-0.2, 0) is 13.0 Å². The maximum Gasteiger partial charge on any atom is 0.321 e. The monoisotopic (exact) mass is 278 g/mol. The van der Waals surface area contributed by atoms with E-state index in [9.17, 15) is 4.79 Å². The van der Waals surface area contributed by atoms with Crippen molar-refractivity contribution in [3.05, 3.63) is 77.5 Å². The third-order valence-corrected chi connectivity index (χ3v) is 3.70. The van der Waals surface area contributed by atoms with Gasteiger partial charge in [-0.1, -0.05) is 54.6 Å². The molecular weight excluding hydrogens is 260 g/mol. The molecule has 0 spiro atoms. The lowest BCUT2D eigenvalue weighted by Gasteiger charge is -2.28. The van der Waals surface area contributed by atoms with Crippen LogP contribution in [0.2, 0.25) is 0 Å². The van der Waals surface area contributed by atoms with Crippen LogP contribution < -0.4 is 5.32 Å². The number of fused-ring (bicyclic) bond motifs is 1. The van der Waals surface area contributed by atoms with Gasteiger partial charge in [0.15, 0.2) is 0 Å². The van der Waals surface area contributed by atoms with Crippen LogP contribution in [0, 0.1) is 0 Å². The summed E-state index contributed by atoms with van der Waals surface area (Å²) in [4.78, 5) is 14.0. The van der Waals surface area contributed by atoms with Gasteiger partial charge in [-0.25, -0.2) is 4.79 Å². The third-order valence-electron chi connectivity index (χ3n) is 3.70. The Labute approximate surface area is 124 Å². The maximum absolute atomic E-state index is 12.2. The second kappa shape index (κ2) is 6.27. The molecule has 1 aliphatic heterocycles. The Morgan fingerprint density at radius 2 is 1.71 bits per heavy atom. The fraction of sp³-hybridized carbons (Fsp3) is 0.167. The summed E-state index contributed by atoms with van der Waals surface area (Å²) in [7, 11) is 0. The first kappa shape index (κ1) is 13.4. The zero-order chi connectivity index (χ0) is 14.5. The highest BCUT2D eigenvalue weighted by Gasteiger charge is 2.19. The van der Waals surface area contributed by atoms with Gasteiger partial charge >= 0.3 is 6.03 Å². The van der Waals surface area contributed by atoms with Gasteiger partial charge in [0.05, 0.1) is 0 Å². The van der Waals surface area contributed by atoms with Crippen LogP contribution in [0.5, 0.6) is 0 Å². The van der Waals surface area contributed by atoms with Crippen molar-refractivity contribution in [3.63, 3.8) is 0 Å². The van der Waals surface area contributed by atoms with Crippen LogP contribution >= 0.6 is 0 Å². The van der Waals surface area contributed by atoms with E-state index in [1.54, 1.807) is 6.20 Å². The molecule has 2 aromatic rings. The lowest BCUT2D eigenvalue weighted by Crippen LogP contribution is -2.40. The molecule has 0 saturated carbocycles. The molecule has 0 unspecified atom stereocenters. The van der Waals surface area contributed by atoms with Crippen LogP contribution in [0.1, 0.15) is 16.7 Å². The van der Waals surface area contributed by atoms with E-state index < -0.39 is 0 Å². The quantitative estimate of drug-likeness (QED) is 0.897. The van der Waals surface area contributed by atoms with Crippen molar-refractivity contribution in [2.45, 2.75) is 13.0 Å². The molecule has 0 aromatic heterocycles. The average molecular weight is 278 g/mol. The standard InChI is InChI=1S/C18H18N2O/c21-18(19-12-10-15-6-2-1-3-7-15)20-13-11-16-8-4-5-9-17(16)14-20/h1-10,12H,11,13-14H2,(H,19,21)/b12-10+. The molecule has 21 heavy (non-hydrogen) atoms. The Bertz CT molecular complexity index is 649. The number of carbonyl (C=O) groups is 1. The number of nitrogens with one attached hydrogen (secondary N) is 1. The highest BCUT2D eigenvalue weighted by molar-refractivity contribution is 5.76. The van der Waals surface area contributed by atoms with Gasteiger partial charge in [-0.15, -0.1) is 0 Å². The fourth-order valence-electron chi connectivity index (χ4n) is 2.53. The van der Waals surface area contributed by atoms with Crippen molar-refractivity contribution >= 4 is 12.1 Å². The molecule has 0 saturated heterocycles. The molecule has 3 rings (SSSR count). The van der Waals surface area contributed by atoms with E-state index in [0.29, 0.717) is 6.54 Å². The van der Waals surface area contributed by atoms with Gasteiger partial charge in [0.25, 0.3) is 0 Å². The van der Waals surface area contributed by atoms with Gasteiger partial charge in [0.1, 0.15) is 0 Å². The van der Waals surface area contributed by atoms with Gasteiger partial charge in [-0.3, -0.25) is 0 Å². The molecule has 1 N–H and O–H groups in total. The minimum atomic E-state index is -0.0447. The molecule has 2 aromatic carbocycles. The number of hydrogen-bond acceptors (Lipinski definition) is 1. The smallest absolute Gasteiger partial charge is 0.320 e. The van der Waals surface area contributed by atoms with Crippen molar-refractivity contribution in [2.24, 2.45) is 0 Å². The number of rotatable bonds is 2. The van der Waals surface area contributed by atoms with E-state index in [0.717, 1.165) is 18.5 Å². The number of benzene rings is 2. The van der Waals surface area contributed by atoms with E-state index in [1.165, 1.54) is 11.1 Å². The summed E-state index contributed by atoms with van der Waals surface area (Å²) in [5.41, 5.74) is 3.66. The van der Waals surface area contributed by atoms with Crippen molar-refractivity contribution in [1.29, 1.82) is 0 Å². The number of amides is 2. The number of carbonyl (C=O) groups excluding carboxylic acids is 1. The summed E-state index contributed by atoms with van der Waals surface area (Å²) >= 11 is 0. The van der Waals surface area contributed by atoms with Crippen LogP contribution in [0.15, 0.2) is 60.8 Å². The van der Waals surface area contributed by atoms with E-state index in [4.69, 9.17) is 0 Å². The second-order valence-corrected chi connectivity index (χ2v) is 5.13. The van der Waals surface area contributed by atoms with Crippen molar-refractivity contribution in [1.82, 2.24) is 10.2 Å². The molecule has 0 aliphatic carbocycles. The molecule has 106 valence electrons. The predicted octanol–water partition coefficient (Wildman–Crippen LogP) is 3.43. The Kier molecular flexibility index (Phi) is 4.01. The molecule has 0 fully saturated rings. The number of urea groups is 1. The number of hydrogen-bond donors (Lipinski definition) is 1. The lowest BCUT2D eigenvalue weighted by molar-refractivity contribution is 0.196. The first-order valence-electron chi connectivity index (χ1n) is 7.17. The average Bonchev–Trinajstić information content (AvgIpc) is 2.55. The summed E-state index contributed by atoms with van der Waals surface area (Å²) in [5.74, 6) is 0. The third kappa shape index (κ3) is 3.31.